The maximum absolute atomic E-state index is 6.59. The summed E-state index contributed by atoms with van der Waals surface area (Å²) in [6.45, 7) is 0. The molecule has 0 bridgehead atoms. The van der Waals surface area contributed by atoms with Gasteiger partial charge in [-0.15, -0.1) is 0 Å². The second-order valence-corrected chi connectivity index (χ2v) is 13.8. The number of fused-ring (bicyclic) bond motifs is 10. The van der Waals surface area contributed by atoms with Crippen LogP contribution in [0.2, 0.25) is 0 Å². The standard InChI is InChI=1S/C48H28N4O2/c1-2-13-30(14-3-1)45-35-24-22-29-12-4-5-15-33(29)46(35)50-48(49-45)52-37-17-7-6-16-34(37)36-26-31(23-25-38(36)52)32-27-43-47-44(28-32)54-42-21-11-9-19-40(42)51(47)39-18-8-10-20-41(39)53-43/h1-28H. The lowest BCUT2D eigenvalue weighted by atomic mass is 9.99. The molecule has 0 atom stereocenters. The molecule has 6 nitrogen and oxygen atoms in total. The van der Waals surface area contributed by atoms with Crippen LogP contribution in [0.15, 0.2) is 170 Å². The van der Waals surface area contributed by atoms with Gasteiger partial charge >= 0.3 is 0 Å². The van der Waals surface area contributed by atoms with Crippen molar-refractivity contribution in [2.24, 2.45) is 0 Å². The van der Waals surface area contributed by atoms with Gasteiger partial charge < -0.3 is 9.47 Å². The molecule has 0 fully saturated rings. The third-order valence-electron chi connectivity index (χ3n) is 10.7. The van der Waals surface area contributed by atoms with Crippen LogP contribution < -0.4 is 14.4 Å². The van der Waals surface area contributed by atoms with E-state index in [1.165, 1.54) is 0 Å². The normalized spacial score (nSPS) is 12.7. The average molecular weight is 693 g/mol. The van der Waals surface area contributed by atoms with Gasteiger partial charge in [0.15, 0.2) is 23.0 Å². The highest BCUT2D eigenvalue weighted by atomic mass is 16.5. The third-order valence-corrected chi connectivity index (χ3v) is 10.7. The number of rotatable bonds is 3. The van der Waals surface area contributed by atoms with Gasteiger partial charge in [0.1, 0.15) is 5.69 Å². The Morgan fingerprint density at radius 1 is 0.407 bits per heavy atom. The Kier molecular flexibility index (Phi) is 5.96. The Morgan fingerprint density at radius 2 is 1.06 bits per heavy atom. The molecule has 2 aromatic heterocycles. The van der Waals surface area contributed by atoms with E-state index in [2.05, 4.69) is 137 Å². The summed E-state index contributed by atoms with van der Waals surface area (Å²) in [7, 11) is 0. The molecule has 0 spiro atoms. The minimum atomic E-state index is 0.633. The van der Waals surface area contributed by atoms with E-state index in [9.17, 15) is 0 Å². The number of nitrogens with zero attached hydrogens (tertiary/aromatic N) is 4. The molecule has 0 unspecified atom stereocenters. The van der Waals surface area contributed by atoms with Gasteiger partial charge in [-0.1, -0.05) is 109 Å². The number of hydrogen-bond donors (Lipinski definition) is 0. The molecule has 2 aliphatic rings. The SMILES string of the molecule is c1ccc(-c2nc(-n3c4ccccc4c4cc(-c5cc6c7c(c5)Oc5ccccc5N7c5ccccc5O6)ccc43)nc3c2ccc2ccccc23)cc1. The Balaban J connectivity index is 1.07. The number of ether oxygens (including phenoxy) is 2. The second kappa shape index (κ2) is 11.0. The number of benzene rings is 8. The summed E-state index contributed by atoms with van der Waals surface area (Å²) in [5, 5.41) is 5.50. The summed E-state index contributed by atoms with van der Waals surface area (Å²) in [5.74, 6) is 3.75. The van der Waals surface area contributed by atoms with Crippen molar-refractivity contribution in [2.75, 3.05) is 4.90 Å². The van der Waals surface area contributed by atoms with E-state index in [-0.39, 0.29) is 0 Å². The average Bonchev–Trinajstić information content (AvgIpc) is 3.57. The van der Waals surface area contributed by atoms with Crippen LogP contribution in [-0.4, -0.2) is 14.5 Å². The van der Waals surface area contributed by atoms with Gasteiger partial charge in [0.25, 0.3) is 0 Å². The Bertz CT molecular complexity index is 3120. The predicted molar refractivity (Wildman–Crippen MR) is 217 cm³/mol. The lowest BCUT2D eigenvalue weighted by Crippen LogP contribution is -2.20. The molecule has 6 heteroatoms. The highest BCUT2D eigenvalue weighted by Gasteiger charge is 2.35. The van der Waals surface area contributed by atoms with E-state index in [1.807, 2.05) is 42.5 Å². The van der Waals surface area contributed by atoms with Crippen molar-refractivity contribution in [3.05, 3.63) is 170 Å². The maximum Gasteiger partial charge on any atom is 0.235 e. The van der Waals surface area contributed by atoms with Gasteiger partial charge in [0.05, 0.1) is 33.6 Å². The van der Waals surface area contributed by atoms with E-state index in [0.717, 1.165) is 106 Å². The third kappa shape index (κ3) is 4.16. The molecule has 54 heavy (non-hydrogen) atoms. The summed E-state index contributed by atoms with van der Waals surface area (Å²) in [6.07, 6.45) is 0. The molecule has 0 amide bonds. The lowest BCUT2D eigenvalue weighted by molar-refractivity contribution is 0.446. The van der Waals surface area contributed by atoms with Crippen LogP contribution in [0.3, 0.4) is 0 Å². The van der Waals surface area contributed by atoms with Crippen LogP contribution in [-0.2, 0) is 0 Å². The molecule has 0 saturated heterocycles. The number of hydrogen-bond acceptors (Lipinski definition) is 5. The molecule has 0 aliphatic carbocycles. The van der Waals surface area contributed by atoms with Crippen LogP contribution in [0.5, 0.6) is 23.0 Å². The Labute approximate surface area is 309 Å². The van der Waals surface area contributed by atoms with Gasteiger partial charge in [-0.25, -0.2) is 9.97 Å². The first kappa shape index (κ1) is 29.2. The van der Waals surface area contributed by atoms with Gasteiger partial charge in [0.2, 0.25) is 5.95 Å². The van der Waals surface area contributed by atoms with Crippen molar-refractivity contribution < 1.29 is 9.47 Å². The van der Waals surface area contributed by atoms with Crippen LogP contribution in [0.25, 0.3) is 71.8 Å². The highest BCUT2D eigenvalue weighted by molar-refractivity contribution is 6.12. The molecule has 0 N–H and O–H groups in total. The van der Waals surface area contributed by atoms with Gasteiger partial charge in [0, 0.05) is 27.1 Å². The molecule has 4 heterocycles. The molecule has 8 aromatic carbocycles. The summed E-state index contributed by atoms with van der Waals surface area (Å²) in [4.78, 5) is 12.9. The highest BCUT2D eigenvalue weighted by Crippen LogP contribution is 2.60. The van der Waals surface area contributed by atoms with Crippen molar-refractivity contribution in [1.29, 1.82) is 0 Å². The molecule has 12 rings (SSSR count). The quantitative estimate of drug-likeness (QED) is 0.173. The monoisotopic (exact) mass is 692 g/mol. The maximum atomic E-state index is 6.59. The van der Waals surface area contributed by atoms with E-state index in [1.54, 1.807) is 0 Å². The summed E-state index contributed by atoms with van der Waals surface area (Å²) in [5.41, 5.74) is 9.89. The van der Waals surface area contributed by atoms with Crippen LogP contribution in [0.1, 0.15) is 0 Å². The minimum Gasteiger partial charge on any atom is -0.453 e. The first-order valence-electron chi connectivity index (χ1n) is 18.1. The number of aromatic nitrogens is 3. The van der Waals surface area contributed by atoms with E-state index < -0.39 is 0 Å². The van der Waals surface area contributed by atoms with E-state index in [0.29, 0.717) is 5.95 Å². The van der Waals surface area contributed by atoms with E-state index in [4.69, 9.17) is 19.4 Å². The Morgan fingerprint density at radius 3 is 1.83 bits per heavy atom. The van der Waals surface area contributed by atoms with Crippen molar-refractivity contribution in [3.8, 4) is 51.3 Å². The zero-order valence-electron chi connectivity index (χ0n) is 28.8. The molecule has 252 valence electrons. The van der Waals surface area contributed by atoms with Crippen molar-refractivity contribution in [1.82, 2.24) is 14.5 Å². The van der Waals surface area contributed by atoms with Gasteiger partial charge in [-0.3, -0.25) is 9.47 Å². The molecule has 2 aliphatic heterocycles. The van der Waals surface area contributed by atoms with Gasteiger partial charge in [-0.05, 0) is 77.2 Å². The van der Waals surface area contributed by atoms with Crippen molar-refractivity contribution in [3.63, 3.8) is 0 Å². The van der Waals surface area contributed by atoms with Crippen LogP contribution in [0, 0.1) is 0 Å². The predicted octanol–water partition coefficient (Wildman–Crippen LogP) is 12.9. The largest absolute Gasteiger partial charge is 0.453 e. The zero-order chi connectivity index (χ0) is 35.3. The molecule has 0 saturated carbocycles. The topological polar surface area (TPSA) is 52.4 Å². The van der Waals surface area contributed by atoms with E-state index >= 15 is 0 Å². The fraction of sp³-hybridized carbons (Fsp3) is 0. The summed E-state index contributed by atoms with van der Waals surface area (Å²) >= 11 is 0. The Hall–Kier alpha value is -7.44. The molecular formula is C48H28N4O2. The lowest BCUT2D eigenvalue weighted by Gasteiger charge is -2.38. The van der Waals surface area contributed by atoms with Gasteiger partial charge in [-0.2, -0.15) is 0 Å². The first-order valence-corrected chi connectivity index (χ1v) is 18.1. The van der Waals surface area contributed by atoms with Crippen molar-refractivity contribution in [2.45, 2.75) is 0 Å². The minimum absolute atomic E-state index is 0.633. The van der Waals surface area contributed by atoms with Crippen LogP contribution >= 0.6 is 0 Å². The second-order valence-electron chi connectivity index (χ2n) is 13.8. The fourth-order valence-electron chi connectivity index (χ4n) is 8.32. The number of para-hydroxylation sites is 5. The smallest absolute Gasteiger partial charge is 0.235 e. The first-order chi connectivity index (χ1) is 26.8. The van der Waals surface area contributed by atoms with Crippen molar-refractivity contribution >= 4 is 60.5 Å². The summed E-state index contributed by atoms with van der Waals surface area (Å²) < 4.78 is 15.4. The summed E-state index contributed by atoms with van der Waals surface area (Å²) in [6, 6.07) is 58.9. The van der Waals surface area contributed by atoms with Crippen LogP contribution in [0.4, 0.5) is 17.1 Å². The molecule has 0 radical (unpaired) electrons. The molecule has 10 aromatic rings. The molecular weight excluding hydrogens is 665 g/mol. The fourth-order valence-corrected chi connectivity index (χ4v) is 8.32. The zero-order valence-corrected chi connectivity index (χ0v) is 28.8. The number of anilines is 3.